The molecular weight excluding hydrogens is 375 g/mol. The predicted molar refractivity (Wildman–Crippen MR) is 107 cm³/mol. The number of halogens is 1. The standard InChI is InChI=1S/C20H19FN6S/c21-16-4-1-14(2-5-16)11-19-25-26-20(28-19)24-17-7-9-27(10-8-17)18-6-3-15(12-22)13-23-18/h1-6,13,17H,7-11H2,(H,24,26). The van der Waals surface area contributed by atoms with Gasteiger partial charge in [0.1, 0.15) is 22.7 Å². The van der Waals surface area contributed by atoms with Gasteiger partial charge in [0.25, 0.3) is 0 Å². The Balaban J connectivity index is 1.29. The molecule has 1 aliphatic rings. The lowest BCUT2D eigenvalue weighted by Crippen LogP contribution is -2.39. The van der Waals surface area contributed by atoms with Crippen LogP contribution in [-0.2, 0) is 6.42 Å². The number of nitrogens with zero attached hydrogens (tertiary/aromatic N) is 5. The van der Waals surface area contributed by atoms with Crippen LogP contribution in [0.3, 0.4) is 0 Å². The topological polar surface area (TPSA) is 77.7 Å². The van der Waals surface area contributed by atoms with Crippen molar-refractivity contribution in [3.05, 3.63) is 64.5 Å². The minimum Gasteiger partial charge on any atom is -0.357 e. The van der Waals surface area contributed by atoms with Crippen LogP contribution in [0.4, 0.5) is 15.3 Å². The van der Waals surface area contributed by atoms with E-state index < -0.39 is 0 Å². The summed E-state index contributed by atoms with van der Waals surface area (Å²) in [6.45, 7) is 1.80. The van der Waals surface area contributed by atoms with Crippen molar-refractivity contribution >= 4 is 22.3 Å². The summed E-state index contributed by atoms with van der Waals surface area (Å²) in [5, 5.41) is 22.6. The van der Waals surface area contributed by atoms with Crippen molar-refractivity contribution in [3.8, 4) is 6.07 Å². The van der Waals surface area contributed by atoms with Gasteiger partial charge in [0.15, 0.2) is 0 Å². The van der Waals surface area contributed by atoms with Gasteiger partial charge in [-0.3, -0.25) is 0 Å². The Labute approximate surface area is 166 Å². The normalized spacial score (nSPS) is 14.6. The molecule has 0 aliphatic carbocycles. The molecule has 2 aromatic heterocycles. The van der Waals surface area contributed by atoms with Gasteiger partial charge in [-0.1, -0.05) is 23.5 Å². The summed E-state index contributed by atoms with van der Waals surface area (Å²) in [6, 6.07) is 12.6. The van der Waals surface area contributed by atoms with Crippen molar-refractivity contribution in [1.82, 2.24) is 15.2 Å². The Morgan fingerprint density at radius 2 is 1.93 bits per heavy atom. The predicted octanol–water partition coefficient (Wildman–Crippen LogP) is 3.62. The van der Waals surface area contributed by atoms with Gasteiger partial charge in [-0.25, -0.2) is 9.37 Å². The monoisotopic (exact) mass is 394 g/mol. The molecule has 0 bridgehead atoms. The summed E-state index contributed by atoms with van der Waals surface area (Å²) < 4.78 is 13.0. The molecular formula is C20H19FN6S. The van der Waals surface area contributed by atoms with Crippen molar-refractivity contribution in [2.45, 2.75) is 25.3 Å². The van der Waals surface area contributed by atoms with Crippen LogP contribution in [0.5, 0.6) is 0 Å². The summed E-state index contributed by atoms with van der Waals surface area (Å²) in [6.07, 6.45) is 4.23. The number of nitriles is 1. The Kier molecular flexibility index (Phi) is 5.44. The molecule has 1 N–H and O–H groups in total. The van der Waals surface area contributed by atoms with E-state index >= 15 is 0 Å². The van der Waals surface area contributed by atoms with E-state index in [0.29, 0.717) is 18.0 Å². The van der Waals surface area contributed by atoms with Crippen LogP contribution in [0.15, 0.2) is 42.6 Å². The molecule has 0 amide bonds. The van der Waals surface area contributed by atoms with Crippen LogP contribution >= 0.6 is 11.3 Å². The SMILES string of the molecule is N#Cc1ccc(N2CCC(Nc3nnc(Cc4ccc(F)cc4)s3)CC2)nc1. The average Bonchev–Trinajstić information content (AvgIpc) is 3.17. The number of piperidine rings is 1. The highest BCUT2D eigenvalue weighted by Crippen LogP contribution is 2.24. The third-order valence-corrected chi connectivity index (χ3v) is 5.61. The molecule has 142 valence electrons. The van der Waals surface area contributed by atoms with Crippen LogP contribution in [0, 0.1) is 17.1 Å². The van der Waals surface area contributed by atoms with Crippen molar-refractivity contribution in [3.63, 3.8) is 0 Å². The van der Waals surface area contributed by atoms with Gasteiger partial charge < -0.3 is 10.2 Å². The minimum absolute atomic E-state index is 0.231. The molecule has 0 unspecified atom stereocenters. The number of hydrogen-bond donors (Lipinski definition) is 1. The Bertz CT molecular complexity index is 956. The van der Waals surface area contributed by atoms with E-state index in [4.69, 9.17) is 5.26 Å². The van der Waals surface area contributed by atoms with E-state index in [1.54, 1.807) is 35.7 Å². The van der Waals surface area contributed by atoms with Gasteiger partial charge in [0, 0.05) is 31.7 Å². The number of hydrogen-bond acceptors (Lipinski definition) is 7. The van der Waals surface area contributed by atoms with Gasteiger partial charge in [-0.2, -0.15) is 5.26 Å². The van der Waals surface area contributed by atoms with Gasteiger partial charge >= 0.3 is 0 Å². The van der Waals surface area contributed by atoms with Crippen LogP contribution < -0.4 is 10.2 Å². The largest absolute Gasteiger partial charge is 0.357 e. The molecule has 0 atom stereocenters. The third kappa shape index (κ3) is 4.43. The Hall–Kier alpha value is -3.05. The maximum absolute atomic E-state index is 13.0. The second kappa shape index (κ2) is 8.31. The van der Waals surface area contributed by atoms with E-state index in [2.05, 4.69) is 31.5 Å². The number of nitrogens with one attached hydrogen (secondary N) is 1. The second-order valence-corrected chi connectivity index (χ2v) is 7.79. The molecule has 8 heteroatoms. The average molecular weight is 394 g/mol. The fourth-order valence-electron chi connectivity index (χ4n) is 3.23. The molecule has 4 rings (SSSR count). The van der Waals surface area contributed by atoms with Gasteiger partial charge in [0.2, 0.25) is 5.13 Å². The molecule has 1 fully saturated rings. The first-order valence-corrected chi connectivity index (χ1v) is 9.96. The lowest BCUT2D eigenvalue weighted by atomic mass is 10.1. The van der Waals surface area contributed by atoms with Gasteiger partial charge in [0.05, 0.1) is 5.56 Å². The number of aromatic nitrogens is 3. The first kappa shape index (κ1) is 18.3. The molecule has 0 radical (unpaired) electrons. The van der Waals surface area contributed by atoms with Crippen molar-refractivity contribution < 1.29 is 4.39 Å². The van der Waals surface area contributed by atoms with E-state index in [0.717, 1.165) is 47.5 Å². The summed E-state index contributed by atoms with van der Waals surface area (Å²) in [7, 11) is 0. The molecule has 1 aliphatic heterocycles. The Morgan fingerprint density at radius 3 is 2.61 bits per heavy atom. The summed E-state index contributed by atoms with van der Waals surface area (Å²) in [4.78, 5) is 6.61. The second-order valence-electron chi connectivity index (χ2n) is 6.73. The van der Waals surface area contributed by atoms with E-state index in [1.165, 1.54) is 12.1 Å². The number of rotatable bonds is 5. The molecule has 6 nitrogen and oxygen atoms in total. The molecule has 1 saturated heterocycles. The number of anilines is 2. The highest BCUT2D eigenvalue weighted by atomic mass is 32.1. The maximum atomic E-state index is 13.0. The van der Waals surface area contributed by atoms with E-state index in [-0.39, 0.29) is 5.82 Å². The van der Waals surface area contributed by atoms with Crippen molar-refractivity contribution in [2.75, 3.05) is 23.3 Å². The third-order valence-electron chi connectivity index (χ3n) is 4.76. The zero-order valence-electron chi connectivity index (χ0n) is 15.2. The van der Waals surface area contributed by atoms with Crippen molar-refractivity contribution in [2.24, 2.45) is 0 Å². The molecule has 1 aromatic carbocycles. The van der Waals surface area contributed by atoms with Crippen LogP contribution in [0.2, 0.25) is 0 Å². The van der Waals surface area contributed by atoms with Gasteiger partial charge in [-0.15, -0.1) is 10.2 Å². The van der Waals surface area contributed by atoms with Crippen LogP contribution in [-0.4, -0.2) is 34.3 Å². The highest BCUT2D eigenvalue weighted by molar-refractivity contribution is 7.15. The zero-order chi connectivity index (χ0) is 19.3. The first-order chi connectivity index (χ1) is 13.7. The number of benzene rings is 1. The van der Waals surface area contributed by atoms with Gasteiger partial charge in [-0.05, 0) is 42.7 Å². The maximum Gasteiger partial charge on any atom is 0.205 e. The van der Waals surface area contributed by atoms with Crippen LogP contribution in [0.25, 0.3) is 0 Å². The Morgan fingerprint density at radius 1 is 1.14 bits per heavy atom. The van der Waals surface area contributed by atoms with Crippen molar-refractivity contribution in [1.29, 1.82) is 5.26 Å². The fraction of sp³-hybridized carbons (Fsp3) is 0.300. The minimum atomic E-state index is -0.231. The smallest absolute Gasteiger partial charge is 0.205 e. The fourth-order valence-corrected chi connectivity index (χ4v) is 4.08. The highest BCUT2D eigenvalue weighted by Gasteiger charge is 2.21. The summed E-state index contributed by atoms with van der Waals surface area (Å²) >= 11 is 1.54. The first-order valence-electron chi connectivity index (χ1n) is 9.14. The molecule has 3 aromatic rings. The number of pyridine rings is 1. The quantitative estimate of drug-likeness (QED) is 0.712. The molecule has 0 saturated carbocycles. The van der Waals surface area contributed by atoms with E-state index in [9.17, 15) is 4.39 Å². The zero-order valence-corrected chi connectivity index (χ0v) is 16.0. The van der Waals surface area contributed by atoms with E-state index in [1.807, 2.05) is 6.07 Å². The lowest BCUT2D eigenvalue weighted by Gasteiger charge is -2.33. The molecule has 3 heterocycles. The molecule has 28 heavy (non-hydrogen) atoms. The molecule has 0 spiro atoms. The summed E-state index contributed by atoms with van der Waals surface area (Å²) in [5.41, 5.74) is 1.60. The van der Waals surface area contributed by atoms with Crippen LogP contribution in [0.1, 0.15) is 29.0 Å². The summed E-state index contributed by atoms with van der Waals surface area (Å²) in [5.74, 6) is 0.681. The lowest BCUT2D eigenvalue weighted by molar-refractivity contribution is 0.523.